The number of fused-ring (bicyclic) bond motifs is 1. The van der Waals surface area contributed by atoms with Crippen LogP contribution in [0.4, 0.5) is 0 Å². The first-order chi connectivity index (χ1) is 26.3. The minimum Gasteiger partial charge on any atom is -0.496 e. The smallest absolute Gasteiger partial charge is 0.220 e. The van der Waals surface area contributed by atoms with E-state index in [9.17, 15) is 9.59 Å². The molecule has 2 aliphatic rings. The van der Waals surface area contributed by atoms with Gasteiger partial charge < -0.3 is 24.9 Å². The van der Waals surface area contributed by atoms with Gasteiger partial charge in [0.25, 0.3) is 0 Å². The van der Waals surface area contributed by atoms with Crippen LogP contribution in [0.3, 0.4) is 0 Å². The van der Waals surface area contributed by atoms with Crippen LogP contribution in [0, 0.1) is 5.92 Å². The van der Waals surface area contributed by atoms with Crippen molar-refractivity contribution >= 4 is 46.3 Å². The number of aldehydes is 1. The molecule has 1 aliphatic carbocycles. The molecule has 9 nitrogen and oxygen atoms in total. The summed E-state index contributed by atoms with van der Waals surface area (Å²) in [6, 6.07) is 23.1. The monoisotopic (exact) mass is 767 g/mol. The van der Waals surface area contributed by atoms with Crippen LogP contribution in [-0.4, -0.2) is 66.8 Å². The van der Waals surface area contributed by atoms with Gasteiger partial charge in [-0.15, -0.1) is 0 Å². The molecular formula is C43H47Cl2N5O4. The summed E-state index contributed by atoms with van der Waals surface area (Å²) in [4.78, 5) is 25.1. The molecule has 7 rings (SSSR count). The third kappa shape index (κ3) is 8.15. The van der Waals surface area contributed by atoms with Crippen molar-refractivity contribution in [2.75, 3.05) is 27.8 Å². The highest BCUT2D eigenvalue weighted by Crippen LogP contribution is 2.41. The molecule has 0 unspecified atom stereocenters. The number of aromatic nitrogens is 2. The van der Waals surface area contributed by atoms with Crippen molar-refractivity contribution in [3.63, 3.8) is 0 Å². The number of nitrogens with zero attached hydrogens (tertiary/aromatic N) is 3. The molecule has 1 aliphatic heterocycles. The SMILES string of the molecule is COc1cc(-c2cccc(-c3cccc4c3cnn4Cc3cc(OC)c(CN(C)C4CCC(C=O)CC4)cc3Cl)c2Cl)ccc1CNC[C@@H]1CCC(=O)N1. The topological polar surface area (TPSA) is 97.7 Å². The predicted molar refractivity (Wildman–Crippen MR) is 215 cm³/mol. The Bertz CT molecular complexity index is 2140. The van der Waals surface area contributed by atoms with Crippen molar-refractivity contribution < 1.29 is 19.1 Å². The summed E-state index contributed by atoms with van der Waals surface area (Å²) in [7, 11) is 5.51. The van der Waals surface area contributed by atoms with Crippen molar-refractivity contribution in [2.45, 2.75) is 70.2 Å². The highest BCUT2D eigenvalue weighted by atomic mass is 35.5. The molecule has 1 saturated heterocycles. The van der Waals surface area contributed by atoms with E-state index in [2.05, 4.69) is 46.8 Å². The molecule has 0 spiro atoms. The summed E-state index contributed by atoms with van der Waals surface area (Å²) in [6.07, 6.45) is 8.36. The third-order valence-electron chi connectivity index (χ3n) is 11.1. The maximum Gasteiger partial charge on any atom is 0.220 e. The van der Waals surface area contributed by atoms with Gasteiger partial charge in [0.2, 0.25) is 5.91 Å². The van der Waals surface area contributed by atoms with E-state index in [0.717, 1.165) is 99.7 Å². The van der Waals surface area contributed by atoms with E-state index in [1.54, 1.807) is 14.2 Å². The largest absolute Gasteiger partial charge is 0.496 e. The molecule has 1 atom stereocenters. The van der Waals surface area contributed by atoms with E-state index >= 15 is 0 Å². The molecule has 0 bridgehead atoms. The molecule has 0 radical (unpaired) electrons. The zero-order chi connectivity index (χ0) is 37.8. The van der Waals surface area contributed by atoms with Crippen LogP contribution >= 0.6 is 23.2 Å². The lowest BCUT2D eigenvalue weighted by atomic mass is 9.86. The first-order valence-electron chi connectivity index (χ1n) is 18.7. The Morgan fingerprint density at radius 3 is 2.39 bits per heavy atom. The zero-order valence-electron chi connectivity index (χ0n) is 31.0. The van der Waals surface area contributed by atoms with Crippen LogP contribution in [0.25, 0.3) is 33.2 Å². The second kappa shape index (κ2) is 16.9. The quantitative estimate of drug-likeness (QED) is 0.110. The number of methoxy groups -OCH3 is 2. The number of amides is 1. The number of carbonyl (C=O) groups is 2. The van der Waals surface area contributed by atoms with Gasteiger partial charge in [-0.05, 0) is 80.1 Å². The van der Waals surface area contributed by atoms with Gasteiger partial charge in [-0.3, -0.25) is 14.4 Å². The normalized spacial score (nSPS) is 18.6. The van der Waals surface area contributed by atoms with Crippen molar-refractivity contribution in [1.29, 1.82) is 0 Å². The van der Waals surface area contributed by atoms with Crippen molar-refractivity contribution in [3.05, 3.63) is 99.7 Å². The molecule has 4 aromatic carbocycles. The molecule has 1 saturated carbocycles. The van der Waals surface area contributed by atoms with Gasteiger partial charge in [0.1, 0.15) is 17.8 Å². The lowest BCUT2D eigenvalue weighted by Crippen LogP contribution is -2.35. The van der Waals surface area contributed by atoms with Crippen LogP contribution in [0.2, 0.25) is 10.0 Å². The maximum absolute atomic E-state index is 11.6. The second-order valence-electron chi connectivity index (χ2n) is 14.5. The fourth-order valence-electron chi connectivity index (χ4n) is 8.01. The molecule has 1 aromatic heterocycles. The Hall–Kier alpha value is -4.41. The summed E-state index contributed by atoms with van der Waals surface area (Å²) in [5.74, 6) is 1.87. The van der Waals surface area contributed by atoms with E-state index in [1.807, 2.05) is 53.3 Å². The van der Waals surface area contributed by atoms with Crippen molar-refractivity contribution in [3.8, 4) is 33.8 Å². The van der Waals surface area contributed by atoms with Gasteiger partial charge in [-0.25, -0.2) is 0 Å². The minimum atomic E-state index is 0.117. The lowest BCUT2D eigenvalue weighted by molar-refractivity contribution is -0.119. The molecule has 2 fully saturated rings. The van der Waals surface area contributed by atoms with Gasteiger partial charge in [0.15, 0.2) is 0 Å². The van der Waals surface area contributed by atoms with E-state index < -0.39 is 0 Å². The van der Waals surface area contributed by atoms with Crippen LogP contribution in [0.15, 0.2) is 72.9 Å². The van der Waals surface area contributed by atoms with Gasteiger partial charge in [0, 0.05) is 76.7 Å². The third-order valence-corrected chi connectivity index (χ3v) is 11.9. The van der Waals surface area contributed by atoms with Crippen LogP contribution < -0.4 is 20.1 Å². The van der Waals surface area contributed by atoms with E-state index in [-0.39, 0.29) is 17.9 Å². The van der Waals surface area contributed by atoms with Crippen molar-refractivity contribution in [1.82, 2.24) is 25.3 Å². The Labute approximate surface area is 326 Å². The summed E-state index contributed by atoms with van der Waals surface area (Å²) in [5.41, 5.74) is 7.71. The maximum atomic E-state index is 11.6. The Morgan fingerprint density at radius 1 is 0.907 bits per heavy atom. The number of carbonyl (C=O) groups excluding carboxylic acids is 2. The number of ether oxygens (including phenoxy) is 2. The first-order valence-corrected chi connectivity index (χ1v) is 19.4. The molecule has 1 amide bonds. The Balaban J connectivity index is 1.09. The van der Waals surface area contributed by atoms with Gasteiger partial charge in [0.05, 0.1) is 37.5 Å². The number of hydrogen-bond acceptors (Lipinski definition) is 7. The number of halogens is 2. The fourth-order valence-corrected chi connectivity index (χ4v) is 8.59. The lowest BCUT2D eigenvalue weighted by Gasteiger charge is -2.33. The van der Waals surface area contributed by atoms with Crippen LogP contribution in [0.1, 0.15) is 55.2 Å². The van der Waals surface area contributed by atoms with Crippen molar-refractivity contribution in [2.24, 2.45) is 5.92 Å². The number of rotatable bonds is 14. The Kier molecular flexibility index (Phi) is 11.9. The van der Waals surface area contributed by atoms with Crippen LogP contribution in [0.5, 0.6) is 11.5 Å². The van der Waals surface area contributed by atoms with E-state index in [4.69, 9.17) is 37.8 Å². The van der Waals surface area contributed by atoms with E-state index in [1.165, 1.54) is 0 Å². The molecule has 54 heavy (non-hydrogen) atoms. The second-order valence-corrected chi connectivity index (χ2v) is 15.3. The minimum absolute atomic E-state index is 0.117. The molecule has 282 valence electrons. The summed E-state index contributed by atoms with van der Waals surface area (Å²) >= 11 is 14.2. The average Bonchev–Trinajstić information content (AvgIpc) is 3.81. The molecule has 5 aromatic rings. The van der Waals surface area contributed by atoms with Crippen LogP contribution in [-0.2, 0) is 29.2 Å². The highest BCUT2D eigenvalue weighted by Gasteiger charge is 2.25. The summed E-state index contributed by atoms with van der Waals surface area (Å²) < 4.78 is 13.6. The standard InChI is InChI=1S/C43H47Cl2N5O4/c1-49(33-15-10-27(26-51)11-16-33)24-31-18-38(44)30(20-41(31)54-3)25-50-39-9-5-7-35(37(39)23-47-50)36-8-4-6-34(43(36)45)28-12-13-29(40(19-28)53-2)21-46-22-32-14-17-42(52)48-32/h4-9,12-13,18-20,23,26-27,32-33,46H,10-11,14-17,21-22,24-25H2,1-3H3,(H,48,52)/t27?,32-,33?/m0/s1. The molecule has 11 heteroatoms. The molecular weight excluding hydrogens is 721 g/mol. The van der Waals surface area contributed by atoms with E-state index in [0.29, 0.717) is 48.7 Å². The molecule has 2 heterocycles. The summed E-state index contributed by atoms with van der Waals surface area (Å²) in [6.45, 7) is 2.52. The summed E-state index contributed by atoms with van der Waals surface area (Å²) in [5, 5.41) is 13.6. The first kappa shape index (κ1) is 37.9. The Morgan fingerprint density at radius 2 is 1.65 bits per heavy atom. The number of hydrogen-bond donors (Lipinski definition) is 2. The fraction of sp³-hybridized carbons (Fsp3) is 0.372. The van der Waals surface area contributed by atoms with Gasteiger partial charge in [-0.2, -0.15) is 5.10 Å². The average molecular weight is 769 g/mol. The predicted octanol–water partition coefficient (Wildman–Crippen LogP) is 8.30. The van der Waals surface area contributed by atoms with Gasteiger partial charge >= 0.3 is 0 Å². The number of nitrogens with one attached hydrogen (secondary N) is 2. The highest BCUT2D eigenvalue weighted by molar-refractivity contribution is 6.36. The number of benzene rings is 4. The molecule has 2 N–H and O–H groups in total. The van der Waals surface area contributed by atoms with Gasteiger partial charge in [-0.1, -0.05) is 65.7 Å². The zero-order valence-corrected chi connectivity index (χ0v) is 32.6.